The molecule has 0 bridgehead atoms. The van der Waals surface area contributed by atoms with Crippen LogP contribution in [0.3, 0.4) is 0 Å². The van der Waals surface area contributed by atoms with Gasteiger partial charge in [-0.15, -0.1) is 0 Å². The van der Waals surface area contributed by atoms with Crippen molar-refractivity contribution in [3.05, 3.63) is 53.7 Å². The van der Waals surface area contributed by atoms with Gasteiger partial charge in [0.15, 0.2) is 15.4 Å². The summed E-state index contributed by atoms with van der Waals surface area (Å²) in [5.41, 5.74) is 3.05. The molecule has 1 aliphatic heterocycles. The molecule has 4 rings (SSSR count). The zero-order valence-electron chi connectivity index (χ0n) is 13.7. The van der Waals surface area contributed by atoms with Crippen molar-refractivity contribution in [2.24, 2.45) is 0 Å². The second kappa shape index (κ2) is 5.84. The molecule has 0 spiro atoms. The van der Waals surface area contributed by atoms with Crippen LogP contribution < -0.4 is 4.90 Å². The summed E-state index contributed by atoms with van der Waals surface area (Å²) in [6.45, 7) is 2.84. The van der Waals surface area contributed by atoms with Crippen molar-refractivity contribution < 1.29 is 17.2 Å². The van der Waals surface area contributed by atoms with Gasteiger partial charge in [-0.25, -0.2) is 17.8 Å². The highest BCUT2D eigenvalue weighted by atomic mass is 32.2. The molecule has 130 valence electrons. The zero-order chi connectivity index (χ0) is 17.6. The van der Waals surface area contributed by atoms with Crippen molar-refractivity contribution >= 4 is 26.6 Å². The quantitative estimate of drug-likeness (QED) is 0.714. The van der Waals surface area contributed by atoms with Gasteiger partial charge >= 0.3 is 0 Å². The number of benzene rings is 2. The molecule has 0 amide bonds. The van der Waals surface area contributed by atoms with Crippen LogP contribution >= 0.6 is 0 Å². The highest BCUT2D eigenvalue weighted by Gasteiger charge is 2.22. The van der Waals surface area contributed by atoms with Crippen molar-refractivity contribution in [2.45, 2.75) is 24.8 Å². The highest BCUT2D eigenvalue weighted by molar-refractivity contribution is 7.91. The van der Waals surface area contributed by atoms with E-state index >= 15 is 0 Å². The molecule has 2 heterocycles. The molecule has 0 fully saturated rings. The SMILES string of the molecule is CCS(=O)(=O)c1ccc2oc(CN3CCc4cc(F)ccc43)nc2c1. The van der Waals surface area contributed by atoms with Crippen molar-refractivity contribution in [1.29, 1.82) is 0 Å². The van der Waals surface area contributed by atoms with E-state index in [0.717, 1.165) is 24.2 Å². The topological polar surface area (TPSA) is 63.4 Å². The van der Waals surface area contributed by atoms with E-state index in [1.54, 1.807) is 37.3 Å². The van der Waals surface area contributed by atoms with E-state index in [1.165, 1.54) is 6.07 Å². The van der Waals surface area contributed by atoms with Crippen LogP contribution in [0.15, 0.2) is 45.7 Å². The Morgan fingerprint density at radius 1 is 1.24 bits per heavy atom. The van der Waals surface area contributed by atoms with Gasteiger partial charge in [-0.05, 0) is 48.4 Å². The van der Waals surface area contributed by atoms with Crippen LogP contribution in [-0.4, -0.2) is 25.7 Å². The molecular formula is C18H17FN2O3S. The maximum atomic E-state index is 13.3. The summed E-state index contributed by atoms with van der Waals surface area (Å²) in [6.07, 6.45) is 0.784. The summed E-state index contributed by atoms with van der Waals surface area (Å²) in [6, 6.07) is 9.51. The fraction of sp³-hybridized carbons (Fsp3) is 0.278. The van der Waals surface area contributed by atoms with E-state index in [-0.39, 0.29) is 16.5 Å². The molecule has 1 aromatic heterocycles. The molecule has 2 aromatic carbocycles. The normalized spacial score (nSPS) is 14.2. The summed E-state index contributed by atoms with van der Waals surface area (Å²) < 4.78 is 43.1. The first kappa shape index (κ1) is 16.1. The third-order valence-corrected chi connectivity index (χ3v) is 6.23. The maximum Gasteiger partial charge on any atom is 0.215 e. The first-order chi connectivity index (χ1) is 12.0. The van der Waals surface area contributed by atoms with Gasteiger partial charge in [0.05, 0.1) is 17.2 Å². The average molecular weight is 360 g/mol. The molecule has 3 aromatic rings. The number of aromatic nitrogens is 1. The Kier molecular flexibility index (Phi) is 3.76. The molecular weight excluding hydrogens is 343 g/mol. The molecule has 0 N–H and O–H groups in total. The van der Waals surface area contributed by atoms with Crippen LogP contribution in [-0.2, 0) is 22.8 Å². The summed E-state index contributed by atoms with van der Waals surface area (Å²) in [4.78, 5) is 6.77. The van der Waals surface area contributed by atoms with E-state index in [2.05, 4.69) is 9.88 Å². The first-order valence-electron chi connectivity index (χ1n) is 8.12. The zero-order valence-corrected chi connectivity index (χ0v) is 14.5. The standard InChI is InChI=1S/C18H17FN2O3S/c1-2-25(22,23)14-4-6-17-15(10-14)20-18(24-17)11-21-8-7-12-9-13(19)3-5-16(12)21/h3-6,9-10H,2,7-8,11H2,1H3. The Bertz CT molecular complexity index is 1060. The van der Waals surface area contributed by atoms with E-state index in [0.29, 0.717) is 23.5 Å². The molecule has 0 aliphatic carbocycles. The van der Waals surface area contributed by atoms with Crippen LogP contribution in [0.5, 0.6) is 0 Å². The van der Waals surface area contributed by atoms with E-state index in [4.69, 9.17) is 4.42 Å². The monoisotopic (exact) mass is 360 g/mol. The number of rotatable bonds is 4. The van der Waals surface area contributed by atoms with Gasteiger partial charge in [-0.2, -0.15) is 0 Å². The summed E-state index contributed by atoms with van der Waals surface area (Å²) in [5.74, 6) is 0.329. The Labute approximate surface area is 145 Å². The lowest BCUT2D eigenvalue weighted by atomic mass is 10.2. The molecule has 25 heavy (non-hydrogen) atoms. The van der Waals surface area contributed by atoms with Crippen molar-refractivity contribution in [3.63, 3.8) is 0 Å². The Hall–Kier alpha value is -2.41. The van der Waals surface area contributed by atoms with Crippen molar-refractivity contribution in [3.8, 4) is 0 Å². The van der Waals surface area contributed by atoms with Gasteiger partial charge in [0.2, 0.25) is 5.89 Å². The van der Waals surface area contributed by atoms with Crippen LogP contribution in [0.25, 0.3) is 11.1 Å². The lowest BCUT2D eigenvalue weighted by Crippen LogP contribution is -2.19. The van der Waals surface area contributed by atoms with Gasteiger partial charge in [0.25, 0.3) is 0 Å². The van der Waals surface area contributed by atoms with Gasteiger partial charge < -0.3 is 9.32 Å². The number of halogens is 1. The maximum absolute atomic E-state index is 13.3. The predicted octanol–water partition coefficient (Wildman–Crippen LogP) is 3.32. The second-order valence-corrected chi connectivity index (χ2v) is 8.36. The number of hydrogen-bond donors (Lipinski definition) is 0. The van der Waals surface area contributed by atoms with Crippen LogP contribution in [0.2, 0.25) is 0 Å². The summed E-state index contributed by atoms with van der Waals surface area (Å²) in [5, 5.41) is 0. The van der Waals surface area contributed by atoms with Gasteiger partial charge in [0, 0.05) is 12.2 Å². The third kappa shape index (κ3) is 2.89. The molecule has 0 radical (unpaired) electrons. The number of fused-ring (bicyclic) bond motifs is 2. The van der Waals surface area contributed by atoms with E-state index in [9.17, 15) is 12.8 Å². The number of anilines is 1. The highest BCUT2D eigenvalue weighted by Crippen LogP contribution is 2.30. The predicted molar refractivity (Wildman–Crippen MR) is 92.9 cm³/mol. The minimum Gasteiger partial charge on any atom is -0.439 e. The number of sulfone groups is 1. The number of oxazole rings is 1. The molecule has 0 saturated carbocycles. The third-order valence-electron chi connectivity index (χ3n) is 4.50. The lowest BCUT2D eigenvalue weighted by molar-refractivity contribution is 0.523. The smallest absolute Gasteiger partial charge is 0.215 e. The Balaban J connectivity index is 1.63. The minimum atomic E-state index is -3.27. The average Bonchev–Trinajstić information content (AvgIpc) is 3.17. The molecule has 0 saturated heterocycles. The molecule has 1 aliphatic rings. The van der Waals surface area contributed by atoms with Gasteiger partial charge in [0.1, 0.15) is 11.3 Å². The van der Waals surface area contributed by atoms with Crippen molar-refractivity contribution in [2.75, 3.05) is 17.2 Å². The summed E-state index contributed by atoms with van der Waals surface area (Å²) in [7, 11) is -3.27. The fourth-order valence-electron chi connectivity index (χ4n) is 3.15. The van der Waals surface area contributed by atoms with E-state index in [1.807, 2.05) is 0 Å². The van der Waals surface area contributed by atoms with Crippen molar-refractivity contribution in [1.82, 2.24) is 4.98 Å². The second-order valence-electron chi connectivity index (χ2n) is 6.09. The fourth-order valence-corrected chi connectivity index (χ4v) is 4.05. The Morgan fingerprint density at radius 2 is 2.08 bits per heavy atom. The van der Waals surface area contributed by atoms with Crippen LogP contribution in [0.4, 0.5) is 10.1 Å². The molecule has 5 nitrogen and oxygen atoms in total. The summed E-state index contributed by atoms with van der Waals surface area (Å²) >= 11 is 0. The molecule has 0 unspecified atom stereocenters. The molecule has 7 heteroatoms. The van der Waals surface area contributed by atoms with Crippen LogP contribution in [0, 0.1) is 5.82 Å². The van der Waals surface area contributed by atoms with E-state index < -0.39 is 9.84 Å². The van der Waals surface area contributed by atoms with Gasteiger partial charge in [-0.1, -0.05) is 6.92 Å². The Morgan fingerprint density at radius 3 is 2.88 bits per heavy atom. The first-order valence-corrected chi connectivity index (χ1v) is 9.77. The van der Waals surface area contributed by atoms with Crippen LogP contribution in [0.1, 0.15) is 18.4 Å². The largest absolute Gasteiger partial charge is 0.439 e. The number of nitrogens with zero attached hydrogens (tertiary/aromatic N) is 2. The lowest BCUT2D eigenvalue weighted by Gasteiger charge is -2.16. The number of hydrogen-bond acceptors (Lipinski definition) is 5. The minimum absolute atomic E-state index is 0.0460. The molecule has 0 atom stereocenters. The van der Waals surface area contributed by atoms with Gasteiger partial charge in [-0.3, -0.25) is 0 Å².